The van der Waals surface area contributed by atoms with E-state index in [0.717, 1.165) is 70.6 Å². The van der Waals surface area contributed by atoms with Gasteiger partial charge < -0.3 is 20.3 Å². The summed E-state index contributed by atoms with van der Waals surface area (Å²) in [5.41, 5.74) is 0. The third-order valence-corrected chi connectivity index (χ3v) is 11.7. The first-order valence-corrected chi connectivity index (χ1v) is 26.1. The van der Waals surface area contributed by atoms with E-state index in [1.165, 1.54) is 135 Å². The van der Waals surface area contributed by atoms with Crippen molar-refractivity contribution in [2.24, 2.45) is 0 Å². The number of nitrogens with one attached hydrogen (secondary N) is 1. The molecule has 61 heavy (non-hydrogen) atoms. The summed E-state index contributed by atoms with van der Waals surface area (Å²) in [4.78, 5) is 26.1. The highest BCUT2D eigenvalue weighted by atomic mass is 16.5. The van der Waals surface area contributed by atoms with E-state index in [1.54, 1.807) is 0 Å². The molecule has 0 bridgehead atoms. The Morgan fingerprint density at radius 2 is 0.918 bits per heavy atom. The van der Waals surface area contributed by atoms with Crippen LogP contribution in [0.4, 0.5) is 0 Å². The van der Waals surface area contributed by atoms with Gasteiger partial charge in [-0.15, -0.1) is 0 Å². The number of carbonyl (C=O) groups excluding carboxylic acids is 2. The van der Waals surface area contributed by atoms with Gasteiger partial charge in [-0.05, 0) is 64.2 Å². The second kappa shape index (κ2) is 48.6. The summed E-state index contributed by atoms with van der Waals surface area (Å²) in [5, 5.41) is 23.8. The summed E-state index contributed by atoms with van der Waals surface area (Å²) in [6.07, 6.45) is 60.0. The lowest BCUT2D eigenvalue weighted by molar-refractivity contribution is -0.151. The summed E-state index contributed by atoms with van der Waals surface area (Å²) < 4.78 is 5.89. The minimum atomic E-state index is -0.802. The van der Waals surface area contributed by atoms with Crippen molar-refractivity contribution < 1.29 is 24.5 Å². The van der Waals surface area contributed by atoms with Gasteiger partial charge in [0.1, 0.15) is 6.10 Å². The zero-order chi connectivity index (χ0) is 44.5. The van der Waals surface area contributed by atoms with Gasteiger partial charge in [-0.25, -0.2) is 0 Å². The fourth-order valence-corrected chi connectivity index (χ4v) is 7.74. The van der Waals surface area contributed by atoms with Crippen LogP contribution in [0.15, 0.2) is 60.8 Å². The molecule has 0 saturated heterocycles. The van der Waals surface area contributed by atoms with Crippen molar-refractivity contribution in [2.45, 2.75) is 270 Å². The molecule has 0 aliphatic heterocycles. The molecule has 0 aliphatic carbocycles. The van der Waals surface area contributed by atoms with E-state index in [4.69, 9.17) is 4.74 Å². The average Bonchev–Trinajstić information content (AvgIpc) is 3.25. The highest BCUT2D eigenvalue weighted by Gasteiger charge is 2.24. The van der Waals surface area contributed by atoms with E-state index in [0.29, 0.717) is 19.3 Å². The number of allylic oxidation sites excluding steroid dienone is 10. The topological polar surface area (TPSA) is 95.9 Å². The number of carbonyl (C=O) groups is 2. The van der Waals surface area contributed by atoms with Crippen LogP contribution in [-0.4, -0.2) is 46.9 Å². The van der Waals surface area contributed by atoms with E-state index in [2.05, 4.69) is 62.5 Å². The van der Waals surface area contributed by atoms with Crippen molar-refractivity contribution in [3.05, 3.63) is 60.8 Å². The van der Waals surface area contributed by atoms with Gasteiger partial charge in [0.25, 0.3) is 0 Å². The molecule has 6 heteroatoms. The minimum Gasteiger partial charge on any atom is -0.462 e. The van der Waals surface area contributed by atoms with Gasteiger partial charge in [0.2, 0.25) is 5.91 Å². The summed E-state index contributed by atoms with van der Waals surface area (Å²) in [6, 6.07) is -0.719. The molecular formula is C55H99NO5. The molecule has 1 amide bonds. The molecule has 3 atom stereocenters. The smallest absolute Gasteiger partial charge is 0.306 e. The van der Waals surface area contributed by atoms with Crippen molar-refractivity contribution in [3.63, 3.8) is 0 Å². The number of ether oxygens (including phenoxy) is 1. The molecule has 0 aromatic rings. The fraction of sp³-hybridized carbons (Fsp3) is 0.782. The van der Waals surface area contributed by atoms with Crippen LogP contribution in [0.2, 0.25) is 0 Å². The van der Waals surface area contributed by atoms with Crippen molar-refractivity contribution in [1.82, 2.24) is 5.32 Å². The number of amides is 1. The van der Waals surface area contributed by atoms with Crippen molar-refractivity contribution in [2.75, 3.05) is 6.61 Å². The molecule has 0 heterocycles. The maximum absolute atomic E-state index is 13.2. The van der Waals surface area contributed by atoms with E-state index < -0.39 is 18.2 Å². The zero-order valence-corrected chi connectivity index (χ0v) is 40.3. The molecular weight excluding hydrogens is 755 g/mol. The van der Waals surface area contributed by atoms with Crippen LogP contribution in [-0.2, 0) is 14.3 Å². The number of aliphatic hydroxyl groups is 2. The first-order chi connectivity index (χ1) is 30.0. The van der Waals surface area contributed by atoms with Crippen LogP contribution in [0.3, 0.4) is 0 Å². The predicted molar refractivity (Wildman–Crippen MR) is 264 cm³/mol. The van der Waals surface area contributed by atoms with Crippen LogP contribution in [0, 0.1) is 0 Å². The van der Waals surface area contributed by atoms with Crippen molar-refractivity contribution in [1.29, 1.82) is 0 Å². The van der Waals surface area contributed by atoms with Crippen LogP contribution in [0.1, 0.15) is 252 Å². The summed E-state index contributed by atoms with van der Waals surface area (Å²) in [5.74, 6) is -0.547. The molecule has 0 saturated carbocycles. The summed E-state index contributed by atoms with van der Waals surface area (Å²) in [7, 11) is 0. The Bertz CT molecular complexity index is 1090. The largest absolute Gasteiger partial charge is 0.462 e. The Kier molecular flexibility index (Phi) is 46.6. The fourth-order valence-electron chi connectivity index (χ4n) is 7.74. The third-order valence-electron chi connectivity index (χ3n) is 11.7. The molecule has 0 rings (SSSR count). The van der Waals surface area contributed by atoms with E-state index >= 15 is 0 Å². The molecule has 3 unspecified atom stereocenters. The SMILES string of the molecule is CC/C=C/C=C/C=C\C=C/CCCCCC(=O)OC(CCC/C=C\CCCCCCCCC)CC(=O)NC(CO)C(O)CCCCCCCCCCCCCCCCCCC. The molecule has 0 aromatic heterocycles. The Hall–Kier alpha value is -2.44. The van der Waals surface area contributed by atoms with Crippen LogP contribution in [0.5, 0.6) is 0 Å². The molecule has 6 nitrogen and oxygen atoms in total. The Balaban J connectivity index is 4.57. The summed E-state index contributed by atoms with van der Waals surface area (Å²) >= 11 is 0. The van der Waals surface area contributed by atoms with E-state index in [1.807, 2.05) is 24.3 Å². The second-order valence-corrected chi connectivity index (χ2v) is 17.6. The molecule has 3 N–H and O–H groups in total. The van der Waals surface area contributed by atoms with Gasteiger partial charge in [-0.1, -0.05) is 236 Å². The normalized spacial score (nSPS) is 13.7. The van der Waals surface area contributed by atoms with Crippen LogP contribution in [0.25, 0.3) is 0 Å². The Morgan fingerprint density at radius 1 is 0.492 bits per heavy atom. The molecule has 0 fully saturated rings. The Morgan fingerprint density at radius 3 is 1.43 bits per heavy atom. The standard InChI is InChI=1S/C55H99NO5/c1-4-7-10-13-16-19-22-25-26-27-28-30-32-35-38-41-44-47-53(58)52(50-57)56-54(59)49-51(46-43-40-37-34-31-24-21-18-15-12-9-6-3)61-55(60)48-45-42-39-36-33-29-23-20-17-14-11-8-5-2/h8,11,14,17,20,23,29,33-34,37,51-53,57-58H,4-7,9-10,12-13,15-16,18-19,21-22,24-28,30-32,35-36,38-50H2,1-3H3,(H,56,59)/b11-8+,17-14+,23-20-,33-29-,37-34-. The highest BCUT2D eigenvalue weighted by Crippen LogP contribution is 2.17. The number of unbranched alkanes of at least 4 members (excludes halogenated alkanes) is 27. The molecule has 354 valence electrons. The third kappa shape index (κ3) is 44.0. The molecule has 0 aliphatic rings. The number of hydrogen-bond acceptors (Lipinski definition) is 5. The number of esters is 1. The highest BCUT2D eigenvalue weighted by molar-refractivity contribution is 5.77. The van der Waals surface area contributed by atoms with Gasteiger partial charge in [-0.2, -0.15) is 0 Å². The Labute approximate surface area is 378 Å². The molecule has 0 spiro atoms. The second-order valence-electron chi connectivity index (χ2n) is 17.6. The van der Waals surface area contributed by atoms with Crippen LogP contribution < -0.4 is 5.32 Å². The number of aliphatic hydroxyl groups excluding tert-OH is 2. The predicted octanol–water partition coefficient (Wildman–Crippen LogP) is 15.6. The lowest BCUT2D eigenvalue weighted by Gasteiger charge is -2.24. The lowest BCUT2D eigenvalue weighted by Crippen LogP contribution is -2.46. The quantitative estimate of drug-likeness (QED) is 0.0245. The zero-order valence-electron chi connectivity index (χ0n) is 40.3. The first-order valence-electron chi connectivity index (χ1n) is 26.1. The first kappa shape index (κ1) is 58.6. The van der Waals surface area contributed by atoms with Gasteiger partial charge in [0, 0.05) is 6.42 Å². The molecule has 0 radical (unpaired) electrons. The van der Waals surface area contributed by atoms with Gasteiger partial charge in [0.15, 0.2) is 0 Å². The van der Waals surface area contributed by atoms with E-state index in [9.17, 15) is 19.8 Å². The van der Waals surface area contributed by atoms with Crippen molar-refractivity contribution in [3.8, 4) is 0 Å². The summed E-state index contributed by atoms with van der Waals surface area (Å²) in [6.45, 7) is 6.33. The number of rotatable bonds is 46. The van der Waals surface area contributed by atoms with Gasteiger partial charge in [-0.3, -0.25) is 9.59 Å². The van der Waals surface area contributed by atoms with Gasteiger partial charge in [0.05, 0.1) is 25.2 Å². The average molecular weight is 854 g/mol. The number of hydrogen-bond donors (Lipinski definition) is 3. The van der Waals surface area contributed by atoms with E-state index in [-0.39, 0.29) is 24.9 Å². The van der Waals surface area contributed by atoms with Crippen molar-refractivity contribution >= 4 is 11.9 Å². The minimum absolute atomic E-state index is 0.0399. The lowest BCUT2D eigenvalue weighted by atomic mass is 10.0. The van der Waals surface area contributed by atoms with Crippen LogP contribution >= 0.6 is 0 Å². The molecule has 0 aromatic carbocycles. The monoisotopic (exact) mass is 854 g/mol. The van der Waals surface area contributed by atoms with Gasteiger partial charge >= 0.3 is 5.97 Å². The maximum Gasteiger partial charge on any atom is 0.306 e. The maximum atomic E-state index is 13.2.